The molecule has 1 saturated heterocycles. The largest absolute Gasteiger partial charge is 0.274 e. The maximum atomic E-state index is 14.5. The van der Waals surface area contributed by atoms with E-state index in [1.165, 1.54) is 4.90 Å². The van der Waals surface area contributed by atoms with Crippen molar-refractivity contribution in [2.75, 3.05) is 4.90 Å². The van der Waals surface area contributed by atoms with Crippen molar-refractivity contribution >= 4 is 29.4 Å². The lowest BCUT2D eigenvalue weighted by atomic mass is 9.47. The Morgan fingerprint density at radius 1 is 0.757 bits per heavy atom. The molecule has 4 aliphatic rings. The van der Waals surface area contributed by atoms with E-state index in [1.807, 2.05) is 92.9 Å². The number of rotatable bonds is 3. The Kier molecular flexibility index (Phi) is 4.65. The topological polar surface area (TPSA) is 49.7 Å². The summed E-state index contributed by atoms with van der Waals surface area (Å²) in [5.41, 5.74) is 7.06. The molecule has 1 heterocycles. The van der Waals surface area contributed by atoms with E-state index >= 15 is 0 Å². The first-order chi connectivity index (χ1) is 18.0. The lowest BCUT2D eigenvalue weighted by Crippen LogP contribution is -2.54. The molecule has 2 atom stereocenters. The quantitative estimate of drug-likeness (QED) is 0.256. The minimum atomic E-state index is -0.845. The van der Waals surface area contributed by atoms with Gasteiger partial charge in [-0.3, -0.25) is 14.6 Å². The molecule has 0 radical (unpaired) electrons. The molecule has 8 rings (SSSR count). The van der Waals surface area contributed by atoms with Gasteiger partial charge < -0.3 is 0 Å². The molecule has 0 saturated carbocycles. The number of amides is 2. The van der Waals surface area contributed by atoms with Gasteiger partial charge in [-0.2, -0.15) is 0 Å². The van der Waals surface area contributed by atoms with Gasteiger partial charge in [0.2, 0.25) is 11.8 Å². The molecule has 0 N–H and O–H groups in total. The number of benzene rings is 4. The van der Waals surface area contributed by atoms with E-state index in [0.29, 0.717) is 5.69 Å². The fourth-order valence-corrected chi connectivity index (χ4v) is 7.03. The van der Waals surface area contributed by atoms with Crippen LogP contribution in [0.2, 0.25) is 0 Å². The van der Waals surface area contributed by atoms with Gasteiger partial charge in [0.15, 0.2) is 0 Å². The molecule has 180 valence electrons. The molecule has 0 spiro atoms. The number of carbonyl (C=O) groups is 2. The molecule has 1 aliphatic heterocycles. The van der Waals surface area contributed by atoms with E-state index in [9.17, 15) is 9.59 Å². The molecule has 0 aromatic heterocycles. The zero-order valence-electron chi connectivity index (χ0n) is 20.8. The first-order valence-electron chi connectivity index (χ1n) is 12.8. The summed E-state index contributed by atoms with van der Waals surface area (Å²) < 4.78 is 0. The number of carbonyl (C=O) groups excluding carboxylic acids is 2. The van der Waals surface area contributed by atoms with Gasteiger partial charge in [0.1, 0.15) is 0 Å². The SMILES string of the molecule is Cc1ccc(N2C(=O)[C@@H]3[C@@H](C2=O)C2c4ccccc4C3(C=Nc3ccccc3)c3ccccc32)c(C)c1. The van der Waals surface area contributed by atoms with Crippen molar-refractivity contribution in [3.63, 3.8) is 0 Å². The Bertz CT molecular complexity index is 1570. The normalized spacial score (nSPS) is 25.4. The number of hydrogen-bond donors (Lipinski definition) is 0. The van der Waals surface area contributed by atoms with Gasteiger partial charge in [-0.15, -0.1) is 0 Å². The van der Waals surface area contributed by atoms with Gasteiger partial charge >= 0.3 is 0 Å². The minimum Gasteiger partial charge on any atom is -0.274 e. The molecule has 37 heavy (non-hydrogen) atoms. The standard InChI is InChI=1S/C33H26N2O2/c1-20-16-17-27(21(2)18-20)35-31(36)29-28-23-12-6-8-14-25(23)33(30(29)32(35)37,26-15-9-7-13-24(26)28)19-34-22-10-4-3-5-11-22/h3-19,28-30H,1-2H3/t28?,29-,30-,33?/m0/s1. The van der Waals surface area contributed by atoms with Crippen LogP contribution in [-0.4, -0.2) is 18.0 Å². The number of anilines is 1. The summed E-state index contributed by atoms with van der Waals surface area (Å²) in [6.45, 7) is 3.99. The first-order valence-corrected chi connectivity index (χ1v) is 12.8. The van der Waals surface area contributed by atoms with Gasteiger partial charge in [-0.25, -0.2) is 4.90 Å². The highest BCUT2D eigenvalue weighted by molar-refractivity contribution is 6.25. The highest BCUT2D eigenvalue weighted by Crippen LogP contribution is 2.63. The van der Waals surface area contributed by atoms with Crippen molar-refractivity contribution in [2.24, 2.45) is 16.8 Å². The van der Waals surface area contributed by atoms with Gasteiger partial charge in [-0.05, 0) is 59.9 Å². The Morgan fingerprint density at radius 3 is 2.03 bits per heavy atom. The Labute approximate surface area is 216 Å². The second kappa shape index (κ2) is 7.84. The number of hydrogen-bond acceptors (Lipinski definition) is 3. The van der Waals surface area contributed by atoms with Crippen LogP contribution < -0.4 is 4.90 Å². The second-order valence-electron chi connectivity index (χ2n) is 10.4. The molecule has 4 heteroatoms. The average Bonchev–Trinajstić information content (AvgIpc) is 3.19. The molecule has 2 bridgehead atoms. The molecule has 1 fully saturated rings. The third kappa shape index (κ3) is 2.87. The number of nitrogens with zero attached hydrogens (tertiary/aromatic N) is 2. The van der Waals surface area contributed by atoms with E-state index in [-0.39, 0.29) is 17.7 Å². The maximum absolute atomic E-state index is 14.5. The van der Waals surface area contributed by atoms with Crippen LogP contribution in [0.25, 0.3) is 0 Å². The van der Waals surface area contributed by atoms with E-state index in [2.05, 4.69) is 24.3 Å². The van der Waals surface area contributed by atoms with Crippen molar-refractivity contribution in [2.45, 2.75) is 25.2 Å². The summed E-state index contributed by atoms with van der Waals surface area (Å²) in [6.07, 6.45) is 1.95. The lowest BCUT2D eigenvalue weighted by Gasteiger charge is -2.52. The van der Waals surface area contributed by atoms with E-state index in [1.54, 1.807) is 0 Å². The van der Waals surface area contributed by atoms with Crippen LogP contribution in [0.1, 0.15) is 39.3 Å². The number of para-hydroxylation sites is 1. The van der Waals surface area contributed by atoms with Crippen LogP contribution in [0, 0.1) is 25.7 Å². The second-order valence-corrected chi connectivity index (χ2v) is 10.4. The lowest BCUT2D eigenvalue weighted by molar-refractivity contribution is -0.122. The maximum Gasteiger partial charge on any atom is 0.239 e. The molecule has 4 nitrogen and oxygen atoms in total. The summed E-state index contributed by atoms with van der Waals surface area (Å²) in [7, 11) is 0. The zero-order valence-corrected chi connectivity index (χ0v) is 20.8. The number of imide groups is 1. The monoisotopic (exact) mass is 482 g/mol. The van der Waals surface area contributed by atoms with Gasteiger partial charge in [0.25, 0.3) is 0 Å². The van der Waals surface area contributed by atoms with Crippen molar-refractivity contribution in [3.05, 3.63) is 130 Å². The summed E-state index contributed by atoms with van der Waals surface area (Å²) in [5.74, 6) is -1.48. The molecular weight excluding hydrogens is 456 g/mol. The third-order valence-corrected chi connectivity index (χ3v) is 8.45. The molecule has 3 aliphatic carbocycles. The predicted octanol–water partition coefficient (Wildman–Crippen LogP) is 6.26. The number of aryl methyl sites for hydroxylation is 2. The van der Waals surface area contributed by atoms with Crippen LogP contribution in [0.4, 0.5) is 11.4 Å². The smallest absolute Gasteiger partial charge is 0.239 e. The van der Waals surface area contributed by atoms with Gasteiger partial charge in [0, 0.05) is 12.1 Å². The van der Waals surface area contributed by atoms with Crippen molar-refractivity contribution < 1.29 is 9.59 Å². The van der Waals surface area contributed by atoms with Crippen molar-refractivity contribution in [1.29, 1.82) is 0 Å². The van der Waals surface area contributed by atoms with E-state index in [0.717, 1.165) is 39.1 Å². The number of aliphatic imine (C=N–C) groups is 1. The molecule has 4 aromatic carbocycles. The van der Waals surface area contributed by atoms with Crippen molar-refractivity contribution in [3.8, 4) is 0 Å². The van der Waals surface area contributed by atoms with Gasteiger partial charge in [0.05, 0.1) is 28.6 Å². The molecule has 4 aromatic rings. The van der Waals surface area contributed by atoms with Crippen LogP contribution in [0.5, 0.6) is 0 Å². The summed E-state index contributed by atoms with van der Waals surface area (Å²) in [6, 6.07) is 32.3. The fourth-order valence-electron chi connectivity index (χ4n) is 7.03. The Morgan fingerprint density at radius 2 is 1.38 bits per heavy atom. The third-order valence-electron chi connectivity index (χ3n) is 8.45. The van der Waals surface area contributed by atoms with Crippen LogP contribution in [0.3, 0.4) is 0 Å². The Balaban J connectivity index is 1.51. The van der Waals surface area contributed by atoms with Crippen LogP contribution in [-0.2, 0) is 15.0 Å². The molecule has 2 amide bonds. The van der Waals surface area contributed by atoms with E-state index < -0.39 is 17.3 Å². The van der Waals surface area contributed by atoms with E-state index in [4.69, 9.17) is 4.99 Å². The highest BCUT2D eigenvalue weighted by atomic mass is 16.2. The first kappa shape index (κ1) is 21.9. The van der Waals surface area contributed by atoms with Crippen molar-refractivity contribution in [1.82, 2.24) is 0 Å². The van der Waals surface area contributed by atoms with Crippen LogP contribution in [0.15, 0.2) is 102 Å². The molecular formula is C33H26N2O2. The summed E-state index contributed by atoms with van der Waals surface area (Å²) >= 11 is 0. The molecule has 0 unspecified atom stereocenters. The minimum absolute atomic E-state index is 0.117. The average molecular weight is 483 g/mol. The Hall–Kier alpha value is -4.31. The highest BCUT2D eigenvalue weighted by Gasteiger charge is 2.68. The van der Waals surface area contributed by atoms with Gasteiger partial charge in [-0.1, -0.05) is 84.4 Å². The zero-order chi connectivity index (χ0) is 25.3. The fraction of sp³-hybridized carbons (Fsp3) is 0.182. The summed E-state index contributed by atoms with van der Waals surface area (Å²) in [5, 5.41) is 0. The summed E-state index contributed by atoms with van der Waals surface area (Å²) in [4.78, 5) is 35.1. The predicted molar refractivity (Wildman–Crippen MR) is 145 cm³/mol. The van der Waals surface area contributed by atoms with Crippen LogP contribution >= 0.6 is 0 Å².